The van der Waals surface area contributed by atoms with Crippen LogP contribution in [0.4, 0.5) is 11.4 Å². The molecule has 2 N–H and O–H groups in total. The molecule has 25 heavy (non-hydrogen) atoms. The lowest BCUT2D eigenvalue weighted by Gasteiger charge is -2.11. The maximum atomic E-state index is 12.3. The van der Waals surface area contributed by atoms with Gasteiger partial charge in [0.1, 0.15) is 5.75 Å². The van der Waals surface area contributed by atoms with Crippen LogP contribution < -0.4 is 15.4 Å². The second kappa shape index (κ2) is 7.97. The minimum absolute atomic E-state index is 0.00326. The van der Waals surface area contributed by atoms with E-state index >= 15 is 0 Å². The highest BCUT2D eigenvalue weighted by Gasteiger charge is 2.15. The number of nitrogens with one attached hydrogen (secondary N) is 2. The number of thiocarbonyl (C=S) groups is 1. The van der Waals surface area contributed by atoms with Crippen LogP contribution in [0, 0.1) is 10.1 Å². The summed E-state index contributed by atoms with van der Waals surface area (Å²) in [6, 6.07) is 11.8. The van der Waals surface area contributed by atoms with Crippen LogP contribution in [0.1, 0.15) is 17.3 Å². The van der Waals surface area contributed by atoms with Gasteiger partial charge >= 0.3 is 5.97 Å². The number of benzene rings is 2. The van der Waals surface area contributed by atoms with Gasteiger partial charge in [-0.2, -0.15) is 0 Å². The van der Waals surface area contributed by atoms with E-state index < -0.39 is 16.8 Å². The predicted octanol–water partition coefficient (Wildman–Crippen LogP) is 2.65. The molecule has 0 fully saturated rings. The van der Waals surface area contributed by atoms with Crippen LogP contribution in [0.15, 0.2) is 48.5 Å². The van der Waals surface area contributed by atoms with Crippen LogP contribution in [-0.4, -0.2) is 21.9 Å². The van der Waals surface area contributed by atoms with E-state index in [1.54, 1.807) is 12.1 Å². The summed E-state index contributed by atoms with van der Waals surface area (Å²) in [5.41, 5.74) is 0.561. The number of hydrogen-bond donors (Lipinski definition) is 2. The van der Waals surface area contributed by atoms with E-state index in [0.29, 0.717) is 5.69 Å². The third-order valence-corrected chi connectivity index (χ3v) is 3.15. The van der Waals surface area contributed by atoms with Crippen molar-refractivity contribution < 1.29 is 19.2 Å². The first-order valence-corrected chi connectivity index (χ1v) is 7.42. The molecule has 2 rings (SSSR count). The lowest BCUT2D eigenvalue weighted by Crippen LogP contribution is -2.34. The van der Waals surface area contributed by atoms with Crippen molar-refractivity contribution in [2.75, 3.05) is 5.32 Å². The van der Waals surface area contributed by atoms with Crippen LogP contribution in [0.25, 0.3) is 0 Å². The molecule has 0 aliphatic heterocycles. The van der Waals surface area contributed by atoms with Gasteiger partial charge < -0.3 is 10.1 Å². The van der Waals surface area contributed by atoms with Crippen molar-refractivity contribution in [2.45, 2.75) is 6.92 Å². The fraction of sp³-hybridized carbons (Fsp3) is 0.0625. The van der Waals surface area contributed by atoms with Crippen molar-refractivity contribution >= 4 is 40.6 Å². The van der Waals surface area contributed by atoms with Gasteiger partial charge in [-0.25, -0.2) is 0 Å². The fourth-order valence-corrected chi connectivity index (χ4v) is 2.11. The summed E-state index contributed by atoms with van der Waals surface area (Å²) >= 11 is 5.04. The number of amides is 1. The van der Waals surface area contributed by atoms with Gasteiger partial charge in [-0.15, -0.1) is 0 Å². The van der Waals surface area contributed by atoms with Gasteiger partial charge in [0.15, 0.2) is 5.11 Å². The van der Waals surface area contributed by atoms with E-state index in [1.807, 2.05) is 0 Å². The van der Waals surface area contributed by atoms with Gasteiger partial charge in [-0.1, -0.05) is 12.1 Å². The Balaban J connectivity index is 2.04. The molecule has 0 bridgehead atoms. The first-order valence-electron chi connectivity index (χ1n) is 7.01. The molecule has 0 spiro atoms. The molecule has 0 saturated heterocycles. The van der Waals surface area contributed by atoms with Crippen molar-refractivity contribution in [3.63, 3.8) is 0 Å². The van der Waals surface area contributed by atoms with Gasteiger partial charge in [0.05, 0.1) is 10.5 Å². The van der Waals surface area contributed by atoms with E-state index in [0.717, 1.165) is 0 Å². The Kier molecular flexibility index (Phi) is 5.75. The number of nitro benzene ring substituents is 1. The Morgan fingerprint density at radius 1 is 1.12 bits per heavy atom. The second-order valence-corrected chi connectivity index (χ2v) is 5.21. The standard InChI is InChI=1S/C16H13N3O5S/c1-10(20)24-14-5-3-2-4-13(14)15(21)18-16(25)17-11-6-8-12(9-7-11)19(22)23/h2-9H,1H3,(H2,17,18,21,25). The van der Waals surface area contributed by atoms with Crippen molar-refractivity contribution in [1.29, 1.82) is 0 Å². The number of ether oxygens (including phenoxy) is 1. The highest BCUT2D eigenvalue weighted by molar-refractivity contribution is 7.80. The molecule has 2 aromatic carbocycles. The average Bonchev–Trinajstić information content (AvgIpc) is 2.55. The SMILES string of the molecule is CC(=O)Oc1ccccc1C(=O)NC(=S)Nc1ccc([N+](=O)[O-])cc1. The number of anilines is 1. The van der Waals surface area contributed by atoms with Crippen molar-refractivity contribution in [1.82, 2.24) is 5.32 Å². The van der Waals surface area contributed by atoms with Crippen LogP contribution in [0.3, 0.4) is 0 Å². The maximum absolute atomic E-state index is 12.3. The Morgan fingerprint density at radius 2 is 1.76 bits per heavy atom. The van der Waals surface area contributed by atoms with Crippen LogP contribution in [0.5, 0.6) is 5.75 Å². The molecular formula is C16H13N3O5S. The number of para-hydroxylation sites is 1. The summed E-state index contributed by atoms with van der Waals surface area (Å²) in [5, 5.41) is 15.8. The van der Waals surface area contributed by atoms with Gasteiger partial charge in [-0.3, -0.25) is 25.0 Å². The lowest BCUT2D eigenvalue weighted by molar-refractivity contribution is -0.384. The minimum Gasteiger partial charge on any atom is -0.426 e. The highest BCUT2D eigenvalue weighted by Crippen LogP contribution is 2.18. The van der Waals surface area contributed by atoms with E-state index in [-0.39, 0.29) is 22.1 Å². The molecule has 9 heteroatoms. The third-order valence-electron chi connectivity index (χ3n) is 2.95. The summed E-state index contributed by atoms with van der Waals surface area (Å²) in [5.74, 6) is -0.992. The van der Waals surface area contributed by atoms with Gasteiger partial charge in [0, 0.05) is 24.7 Å². The van der Waals surface area contributed by atoms with Gasteiger partial charge in [0.25, 0.3) is 11.6 Å². The van der Waals surface area contributed by atoms with Gasteiger partial charge in [-0.05, 0) is 36.5 Å². The van der Waals surface area contributed by atoms with E-state index in [1.165, 1.54) is 43.3 Å². The predicted molar refractivity (Wildman–Crippen MR) is 94.5 cm³/mol. The Bertz CT molecular complexity index is 836. The number of rotatable bonds is 4. The Morgan fingerprint density at radius 3 is 2.36 bits per heavy atom. The Labute approximate surface area is 147 Å². The van der Waals surface area contributed by atoms with E-state index in [2.05, 4.69) is 10.6 Å². The first kappa shape index (κ1) is 18.0. The summed E-state index contributed by atoms with van der Waals surface area (Å²) in [6.07, 6.45) is 0. The summed E-state index contributed by atoms with van der Waals surface area (Å²) < 4.78 is 4.97. The molecule has 0 atom stereocenters. The molecule has 1 amide bonds. The quantitative estimate of drug-likeness (QED) is 0.284. The normalized spacial score (nSPS) is 9.80. The van der Waals surface area contributed by atoms with E-state index in [9.17, 15) is 19.7 Å². The number of carbonyl (C=O) groups excluding carboxylic acids is 2. The van der Waals surface area contributed by atoms with E-state index in [4.69, 9.17) is 17.0 Å². The second-order valence-electron chi connectivity index (χ2n) is 4.80. The zero-order chi connectivity index (χ0) is 18.4. The van der Waals surface area contributed by atoms with Crippen molar-refractivity contribution in [3.05, 3.63) is 64.2 Å². The summed E-state index contributed by atoms with van der Waals surface area (Å²) in [7, 11) is 0. The Hall–Kier alpha value is -3.33. The number of esters is 1. The largest absolute Gasteiger partial charge is 0.426 e. The van der Waals surface area contributed by atoms with Crippen molar-refractivity contribution in [3.8, 4) is 5.75 Å². The molecular weight excluding hydrogens is 346 g/mol. The number of nitrogens with zero attached hydrogens (tertiary/aromatic N) is 1. The number of non-ortho nitro benzene ring substituents is 1. The molecule has 8 nitrogen and oxygen atoms in total. The van der Waals surface area contributed by atoms with Crippen LogP contribution in [-0.2, 0) is 4.79 Å². The van der Waals surface area contributed by atoms with Crippen LogP contribution >= 0.6 is 12.2 Å². The smallest absolute Gasteiger partial charge is 0.308 e. The zero-order valence-electron chi connectivity index (χ0n) is 13.0. The maximum Gasteiger partial charge on any atom is 0.308 e. The molecule has 0 heterocycles. The third kappa shape index (κ3) is 5.08. The van der Waals surface area contributed by atoms with Gasteiger partial charge in [0.2, 0.25) is 0 Å². The molecule has 0 aromatic heterocycles. The summed E-state index contributed by atoms with van der Waals surface area (Å²) in [4.78, 5) is 33.5. The summed E-state index contributed by atoms with van der Waals surface area (Å²) in [6.45, 7) is 1.23. The lowest BCUT2D eigenvalue weighted by atomic mass is 10.2. The molecule has 0 saturated carbocycles. The minimum atomic E-state index is -0.559. The molecule has 0 unspecified atom stereocenters. The fourth-order valence-electron chi connectivity index (χ4n) is 1.90. The number of carbonyl (C=O) groups is 2. The van der Waals surface area contributed by atoms with Crippen molar-refractivity contribution in [2.24, 2.45) is 0 Å². The molecule has 0 radical (unpaired) electrons. The highest BCUT2D eigenvalue weighted by atomic mass is 32.1. The first-order chi connectivity index (χ1) is 11.9. The van der Waals surface area contributed by atoms with Crippen LogP contribution in [0.2, 0.25) is 0 Å². The zero-order valence-corrected chi connectivity index (χ0v) is 13.8. The average molecular weight is 359 g/mol. The molecule has 2 aromatic rings. The topological polar surface area (TPSA) is 111 Å². The number of nitro groups is 1. The monoisotopic (exact) mass is 359 g/mol. The molecule has 128 valence electrons. The molecule has 0 aliphatic carbocycles. The number of hydrogen-bond acceptors (Lipinski definition) is 6. The molecule has 0 aliphatic rings.